The molecule has 0 N–H and O–H groups in total. The van der Waals surface area contributed by atoms with Crippen molar-refractivity contribution in [3.8, 4) is 0 Å². The molecule has 0 fully saturated rings. The van der Waals surface area contributed by atoms with E-state index in [0.29, 0.717) is 0 Å². The minimum atomic E-state index is -4.63. The summed E-state index contributed by atoms with van der Waals surface area (Å²) < 4.78 is 37.6. The summed E-state index contributed by atoms with van der Waals surface area (Å²) in [4.78, 5) is 0. The van der Waals surface area contributed by atoms with E-state index in [1.807, 2.05) is 0 Å². The van der Waals surface area contributed by atoms with Crippen molar-refractivity contribution >= 4 is 10.4 Å². The summed E-state index contributed by atoms with van der Waals surface area (Å²) in [5.74, 6) is 0.0152. The van der Waals surface area contributed by atoms with E-state index in [1.54, 1.807) is 0 Å². The van der Waals surface area contributed by atoms with Gasteiger partial charge in [-0.05, 0) is 19.3 Å². The van der Waals surface area contributed by atoms with E-state index < -0.39 is 10.4 Å². The van der Waals surface area contributed by atoms with Gasteiger partial charge < -0.3 is 4.55 Å². The Kier molecular flexibility index (Phi) is 43.6. The average molecular weight is 695 g/mol. The Balaban J connectivity index is 0. The molecular formula is C40H79KO4S. The second kappa shape index (κ2) is 40.7. The number of allylic oxidation sites excluding steroid dienone is 1. The van der Waals surface area contributed by atoms with Gasteiger partial charge in [-0.2, -0.15) is 0 Å². The third-order valence-electron chi connectivity index (χ3n) is 9.49. The molecule has 46 heavy (non-hydrogen) atoms. The molecule has 270 valence electrons. The van der Waals surface area contributed by atoms with E-state index in [1.165, 1.54) is 199 Å². The smallest absolute Gasteiger partial charge is 0.726 e. The number of unbranched alkanes of at least 4 members (excludes halogenated alkanes) is 31. The second-order valence-electron chi connectivity index (χ2n) is 14.1. The second-order valence-corrected chi connectivity index (χ2v) is 15.1. The molecule has 0 saturated carbocycles. The van der Waals surface area contributed by atoms with Gasteiger partial charge in [0.1, 0.15) is 0 Å². The summed E-state index contributed by atoms with van der Waals surface area (Å²) in [6.45, 7) is 4.55. The molecule has 0 aliphatic heterocycles. The van der Waals surface area contributed by atoms with Gasteiger partial charge >= 0.3 is 51.4 Å². The summed E-state index contributed by atoms with van der Waals surface area (Å²) in [6, 6.07) is 0. The summed E-state index contributed by atoms with van der Waals surface area (Å²) in [7, 11) is -4.63. The van der Waals surface area contributed by atoms with Crippen LogP contribution in [0.15, 0.2) is 12.2 Å². The quantitative estimate of drug-likeness (QED) is 0.0212. The predicted molar refractivity (Wildman–Crippen MR) is 197 cm³/mol. The van der Waals surface area contributed by atoms with Crippen LogP contribution >= 0.6 is 0 Å². The van der Waals surface area contributed by atoms with Crippen molar-refractivity contribution in [1.29, 1.82) is 0 Å². The molecule has 0 aromatic rings. The fourth-order valence-electron chi connectivity index (χ4n) is 6.46. The third-order valence-corrected chi connectivity index (χ3v) is 9.91. The van der Waals surface area contributed by atoms with E-state index >= 15 is 0 Å². The van der Waals surface area contributed by atoms with E-state index in [-0.39, 0.29) is 63.9 Å². The molecule has 4 nitrogen and oxygen atoms in total. The standard InChI is InChI=1S/C40H80O4S.K/c1-3-5-7-9-11-13-15-17-19-21-22-24-26-28-30-32-34-36-38-40(39-44-45(41,42)43)37-35-33-31-29-27-25-23-20-18-16-14-12-10-8-6-4-2;/h36,38,40H,3-35,37,39H2,1-2H3,(H,41,42,43);/q;+1/p-1/b38-36+;. The largest absolute Gasteiger partial charge is 1.00 e. The van der Waals surface area contributed by atoms with Gasteiger partial charge in [0, 0.05) is 5.92 Å². The van der Waals surface area contributed by atoms with Crippen LogP contribution in [0.2, 0.25) is 0 Å². The summed E-state index contributed by atoms with van der Waals surface area (Å²) in [6.07, 6.45) is 49.7. The summed E-state index contributed by atoms with van der Waals surface area (Å²) in [5, 5.41) is 0. The van der Waals surface area contributed by atoms with Crippen molar-refractivity contribution in [2.24, 2.45) is 5.92 Å². The molecule has 0 amide bonds. The Morgan fingerprint density at radius 1 is 0.478 bits per heavy atom. The summed E-state index contributed by atoms with van der Waals surface area (Å²) in [5.41, 5.74) is 0. The van der Waals surface area contributed by atoms with Crippen molar-refractivity contribution < 1.29 is 68.5 Å². The zero-order chi connectivity index (χ0) is 32.9. The minimum Gasteiger partial charge on any atom is -0.726 e. The minimum absolute atomic E-state index is 0. The topological polar surface area (TPSA) is 66.4 Å². The van der Waals surface area contributed by atoms with Crippen LogP contribution in [0.3, 0.4) is 0 Å². The fraction of sp³-hybridized carbons (Fsp3) is 0.950. The van der Waals surface area contributed by atoms with Crippen LogP contribution in [0, 0.1) is 5.92 Å². The predicted octanol–water partition coefficient (Wildman–Crippen LogP) is 10.9. The monoisotopic (exact) mass is 695 g/mol. The molecule has 0 saturated heterocycles. The van der Waals surface area contributed by atoms with Crippen LogP contribution in [0.4, 0.5) is 0 Å². The van der Waals surface area contributed by atoms with Crippen LogP contribution in [-0.4, -0.2) is 19.6 Å². The van der Waals surface area contributed by atoms with Crippen molar-refractivity contribution in [2.75, 3.05) is 6.61 Å². The molecule has 6 heteroatoms. The van der Waals surface area contributed by atoms with Crippen molar-refractivity contribution in [2.45, 2.75) is 232 Å². The normalized spacial score (nSPS) is 12.6. The molecule has 0 rings (SSSR count). The Hall–Kier alpha value is 1.25. The summed E-state index contributed by atoms with van der Waals surface area (Å²) >= 11 is 0. The molecular weight excluding hydrogens is 616 g/mol. The SMILES string of the molecule is CCCCCCCCCCCCCCCCCC/C=C/C(CCCCCCCCCCCCCCCCCC)COS(=O)(=O)[O-].[K+]. The van der Waals surface area contributed by atoms with E-state index in [2.05, 4.69) is 30.2 Å². The fourth-order valence-corrected chi connectivity index (χ4v) is 6.80. The van der Waals surface area contributed by atoms with Crippen molar-refractivity contribution in [3.63, 3.8) is 0 Å². The number of hydrogen-bond donors (Lipinski definition) is 0. The van der Waals surface area contributed by atoms with Gasteiger partial charge in [-0.1, -0.05) is 225 Å². The Bertz CT molecular complexity index is 697. The first-order valence-corrected chi connectivity index (χ1v) is 21.6. The maximum absolute atomic E-state index is 11.0. The van der Waals surface area contributed by atoms with Gasteiger partial charge in [-0.3, -0.25) is 4.18 Å². The number of hydrogen-bond acceptors (Lipinski definition) is 4. The average Bonchev–Trinajstić information content (AvgIpc) is 3.02. The molecule has 0 heterocycles. The maximum Gasteiger partial charge on any atom is 1.00 e. The van der Waals surface area contributed by atoms with Crippen molar-refractivity contribution in [3.05, 3.63) is 12.2 Å². The van der Waals surface area contributed by atoms with Gasteiger partial charge in [0.05, 0.1) is 6.61 Å². The van der Waals surface area contributed by atoms with Gasteiger partial charge in [-0.25, -0.2) is 8.42 Å². The number of rotatable bonds is 38. The van der Waals surface area contributed by atoms with Gasteiger partial charge in [0.2, 0.25) is 10.4 Å². The molecule has 1 atom stereocenters. The van der Waals surface area contributed by atoms with Crippen LogP contribution < -0.4 is 51.4 Å². The zero-order valence-corrected chi connectivity index (χ0v) is 35.5. The first-order valence-electron chi connectivity index (χ1n) is 20.3. The van der Waals surface area contributed by atoms with Gasteiger partial charge in [0.25, 0.3) is 0 Å². The molecule has 0 spiro atoms. The van der Waals surface area contributed by atoms with Gasteiger partial charge in [-0.15, -0.1) is 0 Å². The van der Waals surface area contributed by atoms with Crippen LogP contribution in [0.25, 0.3) is 0 Å². The first kappa shape index (κ1) is 49.4. The Labute approximate surface area is 332 Å². The van der Waals surface area contributed by atoms with Crippen LogP contribution in [-0.2, 0) is 14.6 Å². The van der Waals surface area contributed by atoms with E-state index in [9.17, 15) is 13.0 Å². The van der Waals surface area contributed by atoms with E-state index in [0.717, 1.165) is 19.3 Å². The molecule has 0 aromatic heterocycles. The first-order chi connectivity index (χ1) is 22.0. The Morgan fingerprint density at radius 2 is 0.761 bits per heavy atom. The molecule has 0 aromatic carbocycles. The van der Waals surface area contributed by atoms with Gasteiger partial charge in [0.15, 0.2) is 0 Å². The van der Waals surface area contributed by atoms with Crippen LogP contribution in [0.1, 0.15) is 232 Å². The zero-order valence-electron chi connectivity index (χ0n) is 31.5. The van der Waals surface area contributed by atoms with Crippen LogP contribution in [0.5, 0.6) is 0 Å². The molecule has 0 radical (unpaired) electrons. The maximum atomic E-state index is 11.0. The Morgan fingerprint density at radius 3 is 1.07 bits per heavy atom. The van der Waals surface area contributed by atoms with E-state index in [4.69, 9.17) is 0 Å². The third kappa shape index (κ3) is 43.3. The molecule has 0 aliphatic rings. The molecule has 0 bridgehead atoms. The van der Waals surface area contributed by atoms with Crippen molar-refractivity contribution in [1.82, 2.24) is 0 Å². The molecule has 1 unspecified atom stereocenters. The molecule has 0 aliphatic carbocycles.